The van der Waals surface area contributed by atoms with Gasteiger partial charge in [0.1, 0.15) is 0 Å². The average Bonchev–Trinajstić information content (AvgIpc) is 3.05. The van der Waals surface area contributed by atoms with Gasteiger partial charge < -0.3 is 14.6 Å². The fourth-order valence-electron chi connectivity index (χ4n) is 1.73. The number of morpholine rings is 1. The van der Waals surface area contributed by atoms with Gasteiger partial charge in [0.25, 0.3) is 0 Å². The highest BCUT2D eigenvalue weighted by molar-refractivity contribution is 5.82. The summed E-state index contributed by atoms with van der Waals surface area (Å²) in [5.74, 6) is -0.450. The second-order valence-electron chi connectivity index (χ2n) is 4.48. The van der Waals surface area contributed by atoms with E-state index in [-0.39, 0.29) is 0 Å². The molecule has 0 bridgehead atoms. The van der Waals surface area contributed by atoms with Crippen LogP contribution < -0.4 is 0 Å². The number of carbonyl (C=O) groups excluding carboxylic acids is 1. The summed E-state index contributed by atoms with van der Waals surface area (Å²) < 4.78 is 10.3. The van der Waals surface area contributed by atoms with Gasteiger partial charge in [-0.15, -0.1) is 0 Å². The molecule has 16 heavy (non-hydrogen) atoms. The minimum Gasteiger partial charge on any atom is -0.464 e. The lowest BCUT2D eigenvalue weighted by molar-refractivity contribution is -0.156. The molecule has 0 radical (unpaired) electrons. The highest BCUT2D eigenvalue weighted by Crippen LogP contribution is 2.36. The van der Waals surface area contributed by atoms with Crippen LogP contribution in [-0.2, 0) is 14.3 Å². The molecule has 0 atom stereocenters. The van der Waals surface area contributed by atoms with E-state index in [1.165, 1.54) is 0 Å². The lowest BCUT2D eigenvalue weighted by Crippen LogP contribution is -2.37. The number of ether oxygens (including phenoxy) is 2. The van der Waals surface area contributed by atoms with Crippen LogP contribution in [0.4, 0.5) is 0 Å². The molecule has 1 saturated heterocycles. The van der Waals surface area contributed by atoms with Crippen LogP contribution in [0.5, 0.6) is 0 Å². The molecule has 2 fully saturated rings. The summed E-state index contributed by atoms with van der Waals surface area (Å²) in [6.07, 6.45) is 1.92. The predicted octanol–water partition coefficient (Wildman–Crippen LogP) is -0.223. The molecular formula is C11H19NO4. The molecule has 2 rings (SSSR count). The minimum atomic E-state index is -1.14. The number of carbonyl (C=O) groups is 1. The average molecular weight is 229 g/mol. The molecule has 1 heterocycles. The SMILES string of the molecule is O=C(OCCCN1CCOCC1)C1(O)CC1. The van der Waals surface area contributed by atoms with Gasteiger partial charge in [-0.25, -0.2) is 4.79 Å². The summed E-state index contributed by atoms with van der Waals surface area (Å²) in [4.78, 5) is 13.6. The zero-order chi connectivity index (χ0) is 11.4. The first kappa shape index (κ1) is 11.8. The van der Waals surface area contributed by atoms with Crippen molar-refractivity contribution >= 4 is 5.97 Å². The molecule has 0 unspecified atom stereocenters. The quantitative estimate of drug-likeness (QED) is 0.521. The molecule has 1 N–H and O–H groups in total. The zero-order valence-electron chi connectivity index (χ0n) is 9.48. The van der Waals surface area contributed by atoms with E-state index in [0.717, 1.165) is 39.3 Å². The van der Waals surface area contributed by atoms with E-state index in [9.17, 15) is 9.90 Å². The molecule has 5 heteroatoms. The van der Waals surface area contributed by atoms with Crippen molar-refractivity contribution in [1.29, 1.82) is 0 Å². The predicted molar refractivity (Wildman–Crippen MR) is 57.0 cm³/mol. The molecule has 5 nitrogen and oxygen atoms in total. The number of hydrogen-bond donors (Lipinski definition) is 1. The summed E-state index contributed by atoms with van der Waals surface area (Å²) in [5, 5.41) is 9.44. The maximum absolute atomic E-state index is 11.3. The molecule has 0 amide bonds. The zero-order valence-corrected chi connectivity index (χ0v) is 9.48. The third kappa shape index (κ3) is 3.17. The van der Waals surface area contributed by atoms with Crippen LogP contribution >= 0.6 is 0 Å². The van der Waals surface area contributed by atoms with Gasteiger partial charge in [-0.3, -0.25) is 4.90 Å². The second-order valence-corrected chi connectivity index (χ2v) is 4.48. The summed E-state index contributed by atoms with van der Waals surface area (Å²) in [5.41, 5.74) is -1.14. The number of esters is 1. The standard InChI is InChI=1S/C11H19NO4/c13-10(11(14)2-3-11)16-7-1-4-12-5-8-15-9-6-12/h14H,1-9H2. The van der Waals surface area contributed by atoms with Crippen LogP contribution in [0.15, 0.2) is 0 Å². The van der Waals surface area contributed by atoms with Crippen LogP contribution in [0.25, 0.3) is 0 Å². The molecule has 2 aliphatic rings. The van der Waals surface area contributed by atoms with Gasteiger partial charge in [0.15, 0.2) is 5.60 Å². The van der Waals surface area contributed by atoms with Crippen molar-refractivity contribution in [3.8, 4) is 0 Å². The number of nitrogens with zero attached hydrogens (tertiary/aromatic N) is 1. The van der Waals surface area contributed by atoms with Crippen molar-refractivity contribution in [2.24, 2.45) is 0 Å². The Morgan fingerprint density at radius 1 is 1.38 bits per heavy atom. The highest BCUT2D eigenvalue weighted by atomic mass is 16.6. The molecule has 0 aromatic carbocycles. The minimum absolute atomic E-state index is 0.401. The Balaban J connectivity index is 1.53. The van der Waals surface area contributed by atoms with Crippen molar-refractivity contribution in [3.05, 3.63) is 0 Å². The second kappa shape index (κ2) is 5.12. The number of rotatable bonds is 5. The highest BCUT2D eigenvalue weighted by Gasteiger charge is 2.49. The third-order valence-corrected chi connectivity index (χ3v) is 3.06. The van der Waals surface area contributed by atoms with Gasteiger partial charge in [0, 0.05) is 19.6 Å². The molecular weight excluding hydrogens is 210 g/mol. The van der Waals surface area contributed by atoms with Gasteiger partial charge in [-0.1, -0.05) is 0 Å². The Kier molecular flexibility index (Phi) is 3.78. The van der Waals surface area contributed by atoms with Gasteiger partial charge in [-0.2, -0.15) is 0 Å². The molecule has 0 spiro atoms. The van der Waals surface area contributed by atoms with E-state index in [4.69, 9.17) is 9.47 Å². The molecule has 0 aromatic rings. The monoisotopic (exact) mass is 229 g/mol. The summed E-state index contributed by atoms with van der Waals surface area (Å²) in [7, 11) is 0. The lowest BCUT2D eigenvalue weighted by atomic mass is 10.3. The third-order valence-electron chi connectivity index (χ3n) is 3.06. The smallest absolute Gasteiger partial charge is 0.338 e. The van der Waals surface area contributed by atoms with Crippen molar-refractivity contribution < 1.29 is 19.4 Å². The maximum Gasteiger partial charge on any atom is 0.338 e. The van der Waals surface area contributed by atoms with Crippen molar-refractivity contribution in [2.45, 2.75) is 24.9 Å². The molecule has 0 aromatic heterocycles. The first-order chi connectivity index (χ1) is 7.71. The van der Waals surface area contributed by atoms with Crippen LogP contribution in [0, 0.1) is 0 Å². The van der Waals surface area contributed by atoms with Gasteiger partial charge in [0.2, 0.25) is 0 Å². The van der Waals surface area contributed by atoms with E-state index < -0.39 is 11.6 Å². The first-order valence-electron chi connectivity index (χ1n) is 5.90. The van der Waals surface area contributed by atoms with Crippen LogP contribution in [0.1, 0.15) is 19.3 Å². The Hall–Kier alpha value is -0.650. The molecule has 1 aliphatic heterocycles. The lowest BCUT2D eigenvalue weighted by Gasteiger charge is -2.26. The Morgan fingerprint density at radius 2 is 2.06 bits per heavy atom. The molecule has 1 aliphatic carbocycles. The molecule has 1 saturated carbocycles. The maximum atomic E-state index is 11.3. The number of hydrogen-bond acceptors (Lipinski definition) is 5. The number of aliphatic hydroxyl groups is 1. The van der Waals surface area contributed by atoms with E-state index >= 15 is 0 Å². The van der Waals surface area contributed by atoms with Crippen molar-refractivity contribution in [1.82, 2.24) is 4.90 Å². The van der Waals surface area contributed by atoms with E-state index in [2.05, 4.69) is 4.90 Å². The normalized spacial score (nSPS) is 24.1. The van der Waals surface area contributed by atoms with Gasteiger partial charge in [0.05, 0.1) is 19.8 Å². The fraction of sp³-hybridized carbons (Fsp3) is 0.909. The Morgan fingerprint density at radius 3 is 2.69 bits per heavy atom. The van der Waals surface area contributed by atoms with E-state index in [1.807, 2.05) is 0 Å². The topological polar surface area (TPSA) is 59.0 Å². The van der Waals surface area contributed by atoms with Gasteiger partial charge >= 0.3 is 5.97 Å². The Labute approximate surface area is 95.3 Å². The summed E-state index contributed by atoms with van der Waals surface area (Å²) >= 11 is 0. The molecule has 92 valence electrons. The van der Waals surface area contributed by atoms with Crippen molar-refractivity contribution in [2.75, 3.05) is 39.5 Å². The first-order valence-corrected chi connectivity index (χ1v) is 5.90. The van der Waals surface area contributed by atoms with Crippen LogP contribution in [0.2, 0.25) is 0 Å². The van der Waals surface area contributed by atoms with E-state index in [1.54, 1.807) is 0 Å². The Bertz CT molecular complexity index is 246. The fourth-order valence-corrected chi connectivity index (χ4v) is 1.73. The largest absolute Gasteiger partial charge is 0.464 e. The van der Waals surface area contributed by atoms with E-state index in [0.29, 0.717) is 19.4 Å². The summed E-state index contributed by atoms with van der Waals surface area (Å²) in [6, 6.07) is 0. The summed E-state index contributed by atoms with van der Waals surface area (Å²) in [6.45, 7) is 4.82. The van der Waals surface area contributed by atoms with Gasteiger partial charge in [-0.05, 0) is 19.3 Å². The van der Waals surface area contributed by atoms with Crippen LogP contribution in [0.3, 0.4) is 0 Å². The van der Waals surface area contributed by atoms with Crippen LogP contribution in [-0.4, -0.2) is 61.0 Å². The van der Waals surface area contributed by atoms with Crippen molar-refractivity contribution in [3.63, 3.8) is 0 Å².